The van der Waals surface area contributed by atoms with E-state index in [0.29, 0.717) is 15.6 Å². The van der Waals surface area contributed by atoms with E-state index in [1.165, 1.54) is 18.2 Å². The number of fused-ring (bicyclic) bond motifs is 1. The molecular formula is C16H13F4NO3S. The lowest BCUT2D eigenvalue weighted by Gasteiger charge is -2.27. The van der Waals surface area contributed by atoms with E-state index in [1.54, 1.807) is 6.92 Å². The maximum absolute atomic E-state index is 13.3. The highest BCUT2D eigenvalue weighted by Gasteiger charge is 2.64. The van der Waals surface area contributed by atoms with Crippen LogP contribution in [0.2, 0.25) is 0 Å². The Bertz CT molecular complexity index is 876. The van der Waals surface area contributed by atoms with Crippen LogP contribution in [0, 0.1) is 18.2 Å². The number of carbonyl (C=O) groups excluding carboxylic acids is 1. The fourth-order valence-corrected chi connectivity index (χ4v) is 4.26. The molecule has 3 rings (SSSR count). The molecule has 4 nitrogen and oxygen atoms in total. The number of carboxylic acids is 1. The van der Waals surface area contributed by atoms with Crippen LogP contribution in [0.3, 0.4) is 0 Å². The molecule has 0 spiro atoms. The monoisotopic (exact) mass is 375 g/mol. The molecule has 1 fully saturated rings. The van der Waals surface area contributed by atoms with Crippen LogP contribution in [-0.2, 0) is 4.79 Å². The standard InChI is InChI=1S/C16H13F4NO3S/c1-8-10-3-2-9(17)6-11(10)25-12(8)13(22)21-5-4-15(7-21,14(23)24)16(18,19)20/h2-3,6H,4-5,7H2,1H3,(H,23,24). The number of aryl methyl sites for hydroxylation is 1. The van der Waals surface area contributed by atoms with Gasteiger partial charge < -0.3 is 10.0 Å². The summed E-state index contributed by atoms with van der Waals surface area (Å²) in [6.07, 6.45) is -5.64. The highest BCUT2D eigenvalue weighted by atomic mass is 32.1. The smallest absolute Gasteiger partial charge is 0.406 e. The summed E-state index contributed by atoms with van der Waals surface area (Å²) in [5.41, 5.74) is -2.40. The van der Waals surface area contributed by atoms with Crippen molar-refractivity contribution in [2.24, 2.45) is 5.41 Å². The molecule has 0 aliphatic carbocycles. The molecule has 25 heavy (non-hydrogen) atoms. The highest BCUT2D eigenvalue weighted by molar-refractivity contribution is 7.21. The number of amides is 1. The molecule has 1 saturated heterocycles. The molecule has 0 radical (unpaired) electrons. The molecule has 9 heteroatoms. The Morgan fingerprint density at radius 3 is 2.56 bits per heavy atom. The Hall–Kier alpha value is -2.16. The van der Waals surface area contributed by atoms with Crippen molar-refractivity contribution >= 4 is 33.3 Å². The fourth-order valence-electron chi connectivity index (χ4n) is 3.06. The van der Waals surface area contributed by atoms with Crippen molar-refractivity contribution in [3.05, 3.63) is 34.5 Å². The second-order valence-corrected chi connectivity index (χ2v) is 7.11. The fraction of sp³-hybridized carbons (Fsp3) is 0.375. The van der Waals surface area contributed by atoms with Gasteiger partial charge in [0.1, 0.15) is 5.82 Å². The van der Waals surface area contributed by atoms with Crippen molar-refractivity contribution in [2.75, 3.05) is 13.1 Å². The summed E-state index contributed by atoms with van der Waals surface area (Å²) < 4.78 is 53.6. The quantitative estimate of drug-likeness (QED) is 0.812. The molecule has 1 unspecified atom stereocenters. The minimum absolute atomic E-state index is 0.198. The molecule has 0 saturated carbocycles. The molecule has 134 valence electrons. The van der Waals surface area contributed by atoms with Crippen molar-refractivity contribution < 1.29 is 32.3 Å². The number of nitrogens with zero attached hydrogens (tertiary/aromatic N) is 1. The summed E-state index contributed by atoms with van der Waals surface area (Å²) in [6, 6.07) is 4.00. The molecular weight excluding hydrogens is 362 g/mol. The number of aliphatic carboxylic acids is 1. The van der Waals surface area contributed by atoms with Gasteiger partial charge in [0.2, 0.25) is 0 Å². The number of alkyl halides is 3. The van der Waals surface area contributed by atoms with Gasteiger partial charge in [-0.25, -0.2) is 4.39 Å². The number of halogens is 4. The topological polar surface area (TPSA) is 57.6 Å². The number of benzene rings is 1. The van der Waals surface area contributed by atoms with Crippen molar-refractivity contribution in [1.29, 1.82) is 0 Å². The summed E-state index contributed by atoms with van der Waals surface area (Å²) in [5, 5.41) is 9.72. The van der Waals surface area contributed by atoms with E-state index in [4.69, 9.17) is 5.11 Å². The van der Waals surface area contributed by atoms with Gasteiger partial charge in [-0.1, -0.05) is 6.07 Å². The van der Waals surface area contributed by atoms with Gasteiger partial charge >= 0.3 is 12.1 Å². The summed E-state index contributed by atoms with van der Waals surface area (Å²) >= 11 is 0.989. The van der Waals surface area contributed by atoms with E-state index >= 15 is 0 Å². The van der Waals surface area contributed by atoms with Crippen molar-refractivity contribution in [3.63, 3.8) is 0 Å². The van der Waals surface area contributed by atoms with E-state index < -0.39 is 42.3 Å². The average molecular weight is 375 g/mol. The van der Waals surface area contributed by atoms with Gasteiger partial charge in [-0.2, -0.15) is 13.2 Å². The van der Waals surface area contributed by atoms with Crippen LogP contribution in [0.15, 0.2) is 18.2 Å². The zero-order chi connectivity index (χ0) is 18.6. The molecule has 1 aliphatic rings. The van der Waals surface area contributed by atoms with Crippen LogP contribution < -0.4 is 0 Å². The predicted octanol–water partition coefficient (Wildman–Crippen LogP) is 3.83. The van der Waals surface area contributed by atoms with Crippen LogP contribution in [0.25, 0.3) is 10.1 Å². The summed E-state index contributed by atoms with van der Waals surface area (Å²) in [4.78, 5) is 25.0. The first kappa shape index (κ1) is 17.7. The Morgan fingerprint density at radius 2 is 2.00 bits per heavy atom. The largest absolute Gasteiger partial charge is 0.481 e. The minimum Gasteiger partial charge on any atom is -0.481 e. The van der Waals surface area contributed by atoms with Gasteiger partial charge in [-0.3, -0.25) is 9.59 Å². The van der Waals surface area contributed by atoms with Crippen molar-refractivity contribution in [3.8, 4) is 0 Å². The Kier molecular flexibility index (Phi) is 4.02. The number of rotatable bonds is 2. The Labute approximate surface area is 143 Å². The Morgan fingerprint density at radius 1 is 1.32 bits per heavy atom. The van der Waals surface area contributed by atoms with Crippen LogP contribution >= 0.6 is 11.3 Å². The third-order valence-electron chi connectivity index (χ3n) is 4.60. The van der Waals surface area contributed by atoms with E-state index in [2.05, 4.69) is 0 Å². The maximum Gasteiger partial charge on any atom is 0.406 e. The van der Waals surface area contributed by atoms with Crippen LogP contribution in [-0.4, -0.2) is 41.1 Å². The van der Waals surface area contributed by atoms with Gasteiger partial charge in [-0.15, -0.1) is 11.3 Å². The lowest BCUT2D eigenvalue weighted by atomic mass is 9.86. The number of hydrogen-bond donors (Lipinski definition) is 1. The summed E-state index contributed by atoms with van der Waals surface area (Å²) in [6.45, 7) is 0.410. The van der Waals surface area contributed by atoms with Gasteiger partial charge in [0.05, 0.1) is 4.88 Å². The normalized spacial score (nSPS) is 21.1. The molecule has 1 aliphatic heterocycles. The minimum atomic E-state index is -4.95. The lowest BCUT2D eigenvalue weighted by molar-refractivity contribution is -0.227. The third-order valence-corrected chi connectivity index (χ3v) is 5.85. The number of thiophene rings is 1. The first-order valence-electron chi connectivity index (χ1n) is 7.35. The molecule has 1 aromatic heterocycles. The SMILES string of the molecule is Cc1c(C(=O)N2CCC(C(=O)O)(C(F)(F)F)C2)sc2cc(F)ccc12. The zero-order valence-electron chi connectivity index (χ0n) is 13.0. The van der Waals surface area contributed by atoms with Gasteiger partial charge in [0.25, 0.3) is 5.91 Å². The van der Waals surface area contributed by atoms with Gasteiger partial charge in [0.15, 0.2) is 5.41 Å². The number of likely N-dealkylation sites (tertiary alicyclic amines) is 1. The van der Waals surface area contributed by atoms with Crippen LogP contribution in [0.1, 0.15) is 21.7 Å². The highest BCUT2D eigenvalue weighted by Crippen LogP contribution is 2.46. The van der Waals surface area contributed by atoms with E-state index in [-0.39, 0.29) is 11.4 Å². The molecule has 2 heterocycles. The molecule has 1 aromatic carbocycles. The number of hydrogen-bond acceptors (Lipinski definition) is 3. The number of carbonyl (C=O) groups is 2. The molecule has 1 N–H and O–H groups in total. The van der Waals surface area contributed by atoms with Gasteiger partial charge in [0, 0.05) is 17.8 Å². The second-order valence-electron chi connectivity index (χ2n) is 6.06. The van der Waals surface area contributed by atoms with Crippen molar-refractivity contribution in [1.82, 2.24) is 4.90 Å². The Balaban J connectivity index is 1.95. The number of carboxylic acid groups (broad SMARTS) is 1. The first-order valence-corrected chi connectivity index (χ1v) is 8.16. The average Bonchev–Trinajstić information content (AvgIpc) is 3.09. The molecule has 1 atom stereocenters. The van der Waals surface area contributed by atoms with Crippen LogP contribution in [0.4, 0.5) is 17.6 Å². The van der Waals surface area contributed by atoms with E-state index in [1.807, 2.05) is 0 Å². The summed E-state index contributed by atoms with van der Waals surface area (Å²) in [7, 11) is 0. The predicted molar refractivity (Wildman–Crippen MR) is 83.2 cm³/mol. The van der Waals surface area contributed by atoms with E-state index in [9.17, 15) is 27.2 Å². The molecule has 2 aromatic rings. The maximum atomic E-state index is 13.3. The second kappa shape index (κ2) is 5.69. The van der Waals surface area contributed by atoms with Crippen molar-refractivity contribution in [2.45, 2.75) is 19.5 Å². The lowest BCUT2D eigenvalue weighted by Crippen LogP contribution is -2.47. The zero-order valence-corrected chi connectivity index (χ0v) is 13.8. The summed E-state index contributed by atoms with van der Waals surface area (Å²) in [5.74, 6) is -3.12. The van der Waals surface area contributed by atoms with Crippen LogP contribution in [0.5, 0.6) is 0 Å². The van der Waals surface area contributed by atoms with Gasteiger partial charge in [-0.05, 0) is 36.4 Å². The first-order chi connectivity index (χ1) is 11.6. The third kappa shape index (κ3) is 2.66. The van der Waals surface area contributed by atoms with E-state index in [0.717, 1.165) is 16.2 Å². The molecule has 1 amide bonds. The molecule has 0 bridgehead atoms.